The lowest BCUT2D eigenvalue weighted by Gasteiger charge is -2.43. The van der Waals surface area contributed by atoms with Crippen molar-refractivity contribution in [3.05, 3.63) is 101 Å². The molecule has 46 heavy (non-hydrogen) atoms. The van der Waals surface area contributed by atoms with E-state index < -0.39 is 11.8 Å². The van der Waals surface area contributed by atoms with Gasteiger partial charge in [0.25, 0.3) is 5.91 Å². The number of rotatable bonds is 6. The van der Waals surface area contributed by atoms with Gasteiger partial charge in [-0.1, -0.05) is 50.5 Å². The van der Waals surface area contributed by atoms with Crippen molar-refractivity contribution in [2.24, 2.45) is 29.6 Å². The number of hydrogen-bond acceptors (Lipinski definition) is 7. The maximum absolute atomic E-state index is 14.0. The maximum Gasteiger partial charge on any atom is 0.305 e. The Labute approximate surface area is 289 Å². The van der Waals surface area contributed by atoms with Gasteiger partial charge in [-0.2, -0.15) is 0 Å². The van der Waals surface area contributed by atoms with E-state index in [9.17, 15) is 19.2 Å². The number of thiazole rings is 1. The Hall–Kier alpha value is -3.09. The zero-order valence-corrected chi connectivity index (χ0v) is 28.5. The average Bonchev–Trinajstić information content (AvgIpc) is 3.77. The molecular weight excluding hydrogens is 733 g/mol. The highest BCUT2D eigenvalue weighted by molar-refractivity contribution is 9.10. The Morgan fingerprint density at radius 2 is 1.65 bits per heavy atom. The quantitative estimate of drug-likeness (QED) is 0.202. The van der Waals surface area contributed by atoms with Crippen molar-refractivity contribution in [1.82, 2.24) is 4.98 Å². The molecule has 3 amide bonds. The largest absolute Gasteiger partial charge is 0.483 e. The summed E-state index contributed by atoms with van der Waals surface area (Å²) in [6.45, 7) is -0.255. The van der Waals surface area contributed by atoms with Crippen molar-refractivity contribution >= 4 is 91.3 Å². The van der Waals surface area contributed by atoms with Crippen LogP contribution in [0.25, 0.3) is 0 Å². The van der Waals surface area contributed by atoms with Gasteiger partial charge in [-0.15, -0.1) is 11.8 Å². The predicted octanol–water partition coefficient (Wildman–Crippen LogP) is 7.20. The second-order valence-electron chi connectivity index (χ2n) is 12.0. The Bertz CT molecular complexity index is 1970. The van der Waals surface area contributed by atoms with E-state index in [-0.39, 0.29) is 58.1 Å². The SMILES string of the molecule is O=C(COc1ccc(Cl)cc1[C@@H]1c2sc(=O)[nH]c2S[C@@H]2[C@@H]3C[C@@H]([C@@H]4C(=O)N(c5ccc(Br)cc5)C(=O)[C@@H]34)[C@H]12)Nc1ccc(Cl)cc1. The molecule has 2 bridgehead atoms. The van der Waals surface area contributed by atoms with E-state index in [1.165, 1.54) is 4.90 Å². The number of hydrogen-bond donors (Lipinski definition) is 2. The number of nitrogens with one attached hydrogen (secondary N) is 2. The van der Waals surface area contributed by atoms with Crippen molar-refractivity contribution in [2.45, 2.75) is 22.6 Å². The summed E-state index contributed by atoms with van der Waals surface area (Å²) in [6.07, 6.45) is 0.749. The van der Waals surface area contributed by atoms with Gasteiger partial charge >= 0.3 is 4.87 Å². The van der Waals surface area contributed by atoms with E-state index in [0.29, 0.717) is 27.2 Å². The van der Waals surface area contributed by atoms with Crippen LogP contribution in [0.5, 0.6) is 5.75 Å². The van der Waals surface area contributed by atoms with E-state index in [1.54, 1.807) is 60.3 Å². The van der Waals surface area contributed by atoms with Crippen LogP contribution in [-0.4, -0.2) is 34.6 Å². The minimum Gasteiger partial charge on any atom is -0.483 e. The molecule has 3 fully saturated rings. The number of imide groups is 1. The van der Waals surface area contributed by atoms with Crippen molar-refractivity contribution in [3.8, 4) is 5.75 Å². The summed E-state index contributed by atoms with van der Waals surface area (Å²) in [6, 6.07) is 19.3. The number of amides is 3. The van der Waals surface area contributed by atoms with Crippen molar-refractivity contribution in [3.63, 3.8) is 0 Å². The molecule has 3 heterocycles. The number of aromatic nitrogens is 1. The number of ether oxygens (including phenoxy) is 1. The van der Waals surface area contributed by atoms with Crippen molar-refractivity contribution < 1.29 is 19.1 Å². The molecule has 8 rings (SSSR count). The first-order valence-corrected chi connectivity index (χ1v) is 17.9. The van der Waals surface area contributed by atoms with Gasteiger partial charge in [0.05, 0.1) is 22.5 Å². The number of carbonyl (C=O) groups excluding carboxylic acids is 3. The first-order valence-electron chi connectivity index (χ1n) is 14.7. The first-order chi connectivity index (χ1) is 22.2. The zero-order chi connectivity index (χ0) is 31.9. The number of fused-ring (bicyclic) bond motifs is 9. The third-order valence-electron chi connectivity index (χ3n) is 9.60. The second-order valence-corrected chi connectivity index (χ2v) is 16.0. The van der Waals surface area contributed by atoms with Gasteiger partial charge in [0.1, 0.15) is 5.75 Å². The van der Waals surface area contributed by atoms with E-state index in [2.05, 4.69) is 26.2 Å². The predicted molar refractivity (Wildman–Crippen MR) is 182 cm³/mol. The van der Waals surface area contributed by atoms with Gasteiger partial charge in [0.15, 0.2) is 6.61 Å². The number of thioether (sulfide) groups is 1. The summed E-state index contributed by atoms with van der Waals surface area (Å²) in [5.41, 5.74) is 1.92. The van der Waals surface area contributed by atoms with E-state index >= 15 is 0 Å². The lowest BCUT2D eigenvalue weighted by molar-refractivity contribution is -0.123. The average molecular weight is 758 g/mol. The van der Waals surface area contributed by atoms with Crippen LogP contribution in [0.1, 0.15) is 22.8 Å². The van der Waals surface area contributed by atoms with Crippen LogP contribution in [0.4, 0.5) is 11.4 Å². The van der Waals surface area contributed by atoms with Gasteiger partial charge in [-0.25, -0.2) is 0 Å². The van der Waals surface area contributed by atoms with Crippen molar-refractivity contribution in [2.75, 3.05) is 16.8 Å². The molecule has 0 unspecified atom stereocenters. The van der Waals surface area contributed by atoms with E-state index in [4.69, 9.17) is 27.9 Å². The van der Waals surface area contributed by atoms with E-state index in [0.717, 1.165) is 37.7 Å². The number of anilines is 2. The molecule has 4 aliphatic rings. The monoisotopic (exact) mass is 755 g/mol. The fourth-order valence-electron chi connectivity index (χ4n) is 7.98. The highest BCUT2D eigenvalue weighted by Gasteiger charge is 2.69. The zero-order valence-electron chi connectivity index (χ0n) is 23.7. The number of H-pyrrole nitrogens is 1. The number of halogens is 3. The molecule has 2 N–H and O–H groups in total. The Kier molecular flexibility index (Phi) is 7.60. The topological polar surface area (TPSA) is 109 Å². The number of nitrogens with zero attached hydrogens (tertiary/aromatic N) is 1. The first kappa shape index (κ1) is 30.3. The third-order valence-corrected chi connectivity index (χ3v) is 13.2. The molecule has 1 saturated heterocycles. The van der Waals surface area contributed by atoms with Crippen LogP contribution in [0, 0.1) is 29.6 Å². The second kappa shape index (κ2) is 11.6. The molecule has 2 saturated carbocycles. The molecule has 4 aromatic rings. The van der Waals surface area contributed by atoms with Crippen LogP contribution >= 0.6 is 62.2 Å². The van der Waals surface area contributed by atoms with Crippen LogP contribution in [-0.2, 0) is 14.4 Å². The molecule has 0 radical (unpaired) electrons. The molecule has 7 atom stereocenters. The summed E-state index contributed by atoms with van der Waals surface area (Å²) in [7, 11) is 0. The summed E-state index contributed by atoms with van der Waals surface area (Å²) in [4.78, 5) is 58.6. The van der Waals surface area contributed by atoms with Gasteiger partial charge in [0, 0.05) is 41.8 Å². The molecule has 1 aromatic heterocycles. The minimum absolute atomic E-state index is 0.00403. The summed E-state index contributed by atoms with van der Waals surface area (Å²) < 4.78 is 7.01. The fourth-order valence-corrected chi connectivity index (χ4v) is 11.4. The van der Waals surface area contributed by atoms with Crippen molar-refractivity contribution in [1.29, 1.82) is 0 Å². The van der Waals surface area contributed by atoms with Crippen LogP contribution in [0.2, 0.25) is 10.0 Å². The Balaban J connectivity index is 1.14. The lowest BCUT2D eigenvalue weighted by Crippen LogP contribution is -2.42. The highest BCUT2D eigenvalue weighted by atomic mass is 79.9. The van der Waals surface area contributed by atoms with Gasteiger partial charge in [-0.3, -0.25) is 24.1 Å². The highest BCUT2D eigenvalue weighted by Crippen LogP contribution is 2.69. The minimum atomic E-state index is -0.448. The molecule has 8 nitrogen and oxygen atoms in total. The summed E-state index contributed by atoms with van der Waals surface area (Å²) >= 11 is 18.7. The molecule has 3 aromatic carbocycles. The molecule has 2 aliphatic heterocycles. The molecule has 2 aliphatic carbocycles. The van der Waals surface area contributed by atoms with Crippen LogP contribution < -0.4 is 19.8 Å². The molecule has 0 spiro atoms. The van der Waals surface area contributed by atoms with Crippen LogP contribution in [0.3, 0.4) is 0 Å². The van der Waals surface area contributed by atoms with Crippen LogP contribution in [0.15, 0.2) is 81.0 Å². The fraction of sp³-hybridized carbons (Fsp3) is 0.273. The van der Waals surface area contributed by atoms with Gasteiger partial charge < -0.3 is 15.0 Å². The number of carbonyl (C=O) groups is 3. The number of aromatic amines is 1. The normalized spacial score (nSPS) is 27.4. The molecule has 13 heteroatoms. The summed E-state index contributed by atoms with van der Waals surface area (Å²) in [5.74, 6) is -1.54. The van der Waals surface area contributed by atoms with Gasteiger partial charge in [-0.05, 0) is 90.9 Å². The standard InChI is InChI=1S/C33H24BrCl2N3O5S2/c34-14-1-8-18(9-2-14)39-31(41)26-20-12-21(27(26)32(39)42)28-25(20)24(29-30(45-28)38-33(43)46-29)19-11-16(36)5-10-22(19)44-13-23(40)37-17-6-3-15(35)4-7-17/h1-11,20-21,24-28H,12-13H2,(H,37,40)(H,38,43)/t20-,21-,24+,25-,26+,27+,28-/m1/s1. The molecule has 234 valence electrons. The third kappa shape index (κ3) is 4.93. The van der Waals surface area contributed by atoms with Gasteiger partial charge in [0.2, 0.25) is 11.8 Å². The molecular formula is C33H24BrCl2N3O5S2. The van der Waals surface area contributed by atoms with E-state index in [1.807, 2.05) is 18.2 Å². The summed E-state index contributed by atoms with van der Waals surface area (Å²) in [5, 5.41) is 4.63. The smallest absolute Gasteiger partial charge is 0.305 e. The number of benzene rings is 3. The Morgan fingerprint density at radius 3 is 2.39 bits per heavy atom. The maximum atomic E-state index is 14.0. The lowest BCUT2D eigenvalue weighted by atomic mass is 9.68. The Morgan fingerprint density at radius 1 is 0.957 bits per heavy atom.